The van der Waals surface area contributed by atoms with Crippen molar-refractivity contribution >= 4 is 5.91 Å². The summed E-state index contributed by atoms with van der Waals surface area (Å²) in [6.45, 7) is 6.20. The van der Waals surface area contributed by atoms with Crippen molar-refractivity contribution in [2.24, 2.45) is 5.73 Å². The van der Waals surface area contributed by atoms with Crippen LogP contribution in [0.5, 0.6) is 11.5 Å². The van der Waals surface area contributed by atoms with Crippen LogP contribution < -0.4 is 15.2 Å². The number of methoxy groups -OCH3 is 2. The fraction of sp³-hybridized carbons (Fsp3) is 0.235. The second-order valence-corrected chi connectivity index (χ2v) is 4.86. The van der Waals surface area contributed by atoms with Crippen LogP contribution in [0.15, 0.2) is 36.9 Å². The largest absolute Gasteiger partial charge is 0.497 e. The highest BCUT2D eigenvalue weighted by Gasteiger charge is 2.18. The van der Waals surface area contributed by atoms with Crippen LogP contribution in [0.25, 0.3) is 11.3 Å². The van der Waals surface area contributed by atoms with Gasteiger partial charge in [-0.2, -0.15) is 0 Å². The number of rotatable bonds is 6. The van der Waals surface area contributed by atoms with Crippen LogP contribution >= 0.6 is 0 Å². The highest BCUT2D eigenvalue weighted by atomic mass is 16.5. The van der Waals surface area contributed by atoms with E-state index in [1.807, 2.05) is 23.6 Å². The average molecular weight is 300 g/mol. The number of hydrogen-bond donors (Lipinski definition) is 1. The lowest BCUT2D eigenvalue weighted by Crippen LogP contribution is -2.12. The Morgan fingerprint density at radius 3 is 2.59 bits per heavy atom. The topological polar surface area (TPSA) is 66.5 Å². The predicted molar refractivity (Wildman–Crippen MR) is 86.4 cm³/mol. The third kappa shape index (κ3) is 2.70. The first kappa shape index (κ1) is 15.7. The fourth-order valence-corrected chi connectivity index (χ4v) is 2.49. The van der Waals surface area contributed by atoms with Crippen molar-refractivity contribution in [2.75, 3.05) is 14.2 Å². The van der Waals surface area contributed by atoms with Gasteiger partial charge in [0.25, 0.3) is 5.91 Å². The third-order valence-corrected chi connectivity index (χ3v) is 3.63. The van der Waals surface area contributed by atoms with E-state index in [0.717, 1.165) is 17.0 Å². The number of primary amides is 1. The van der Waals surface area contributed by atoms with E-state index in [1.54, 1.807) is 32.4 Å². The lowest BCUT2D eigenvalue weighted by molar-refractivity contribution is 0.0999. The van der Waals surface area contributed by atoms with Gasteiger partial charge in [0.2, 0.25) is 0 Å². The summed E-state index contributed by atoms with van der Waals surface area (Å²) < 4.78 is 12.6. The standard InChI is InChI=1S/C17H20N2O3/c1-5-8-19-11(2)14(17(18)20)10-15(19)13-7-6-12(21-3)9-16(13)22-4/h5-7,9-10H,1,8H2,2-4H3,(H2,18,20). The second-order valence-electron chi connectivity index (χ2n) is 4.86. The predicted octanol–water partition coefficient (Wildman–Crippen LogP) is 2.77. The minimum Gasteiger partial charge on any atom is -0.497 e. The van der Waals surface area contributed by atoms with E-state index in [1.165, 1.54) is 0 Å². The van der Waals surface area contributed by atoms with E-state index in [9.17, 15) is 4.79 Å². The minimum atomic E-state index is -0.450. The number of ether oxygens (including phenoxy) is 2. The van der Waals surface area contributed by atoms with E-state index in [-0.39, 0.29) is 0 Å². The molecule has 0 saturated heterocycles. The van der Waals surface area contributed by atoms with Crippen molar-refractivity contribution in [3.05, 3.63) is 48.2 Å². The summed E-state index contributed by atoms with van der Waals surface area (Å²) in [6.07, 6.45) is 1.78. The van der Waals surface area contributed by atoms with Gasteiger partial charge in [0.15, 0.2) is 0 Å². The number of allylic oxidation sites excluding steroid dienone is 1. The Labute approximate surface area is 130 Å². The van der Waals surface area contributed by atoms with Gasteiger partial charge in [0, 0.05) is 23.9 Å². The van der Waals surface area contributed by atoms with E-state index >= 15 is 0 Å². The molecule has 1 heterocycles. The number of carbonyl (C=O) groups is 1. The molecule has 0 spiro atoms. The Bertz CT molecular complexity index is 717. The van der Waals surface area contributed by atoms with Crippen LogP contribution in [0, 0.1) is 6.92 Å². The summed E-state index contributed by atoms with van der Waals surface area (Å²) in [5, 5.41) is 0. The Morgan fingerprint density at radius 2 is 2.05 bits per heavy atom. The number of nitrogens with zero attached hydrogens (tertiary/aromatic N) is 1. The summed E-state index contributed by atoms with van der Waals surface area (Å²) in [5.41, 5.74) is 8.47. The summed E-state index contributed by atoms with van der Waals surface area (Å²) >= 11 is 0. The molecule has 0 aliphatic heterocycles. The van der Waals surface area contributed by atoms with Crippen LogP contribution in [-0.4, -0.2) is 24.7 Å². The molecular weight excluding hydrogens is 280 g/mol. The smallest absolute Gasteiger partial charge is 0.250 e. The van der Waals surface area contributed by atoms with Gasteiger partial charge in [-0.25, -0.2) is 0 Å². The van der Waals surface area contributed by atoms with Crippen LogP contribution in [0.3, 0.4) is 0 Å². The Kier molecular flexibility index (Phi) is 4.56. The average Bonchev–Trinajstić information content (AvgIpc) is 2.84. The SMILES string of the molecule is C=CCn1c(-c2ccc(OC)cc2OC)cc(C(N)=O)c1C. The van der Waals surface area contributed by atoms with Crippen molar-refractivity contribution in [1.29, 1.82) is 0 Å². The zero-order chi connectivity index (χ0) is 16.3. The molecule has 2 rings (SSSR count). The molecule has 5 nitrogen and oxygen atoms in total. The lowest BCUT2D eigenvalue weighted by atomic mass is 10.1. The molecule has 5 heteroatoms. The molecule has 0 atom stereocenters. The van der Waals surface area contributed by atoms with Gasteiger partial charge in [-0.05, 0) is 25.1 Å². The van der Waals surface area contributed by atoms with Crippen LogP contribution in [0.4, 0.5) is 0 Å². The van der Waals surface area contributed by atoms with Gasteiger partial charge in [-0.3, -0.25) is 4.79 Å². The van der Waals surface area contributed by atoms with Crippen molar-refractivity contribution in [3.8, 4) is 22.8 Å². The number of amides is 1. The van der Waals surface area contributed by atoms with Crippen molar-refractivity contribution in [3.63, 3.8) is 0 Å². The van der Waals surface area contributed by atoms with Crippen molar-refractivity contribution in [2.45, 2.75) is 13.5 Å². The Balaban J connectivity index is 2.68. The highest BCUT2D eigenvalue weighted by Crippen LogP contribution is 2.35. The summed E-state index contributed by atoms with van der Waals surface area (Å²) in [6, 6.07) is 7.34. The number of nitrogens with two attached hydrogens (primary N) is 1. The molecule has 0 aliphatic rings. The lowest BCUT2D eigenvalue weighted by Gasteiger charge is -2.13. The first-order chi connectivity index (χ1) is 10.5. The summed E-state index contributed by atoms with van der Waals surface area (Å²) in [4.78, 5) is 11.6. The third-order valence-electron chi connectivity index (χ3n) is 3.63. The minimum absolute atomic E-state index is 0.450. The zero-order valence-electron chi connectivity index (χ0n) is 13.1. The highest BCUT2D eigenvalue weighted by molar-refractivity contribution is 5.96. The number of benzene rings is 1. The molecule has 1 aromatic heterocycles. The molecule has 0 saturated carbocycles. The maximum absolute atomic E-state index is 11.6. The first-order valence-electron chi connectivity index (χ1n) is 6.86. The quantitative estimate of drug-likeness (QED) is 0.834. The van der Waals surface area contributed by atoms with Gasteiger partial charge in [-0.15, -0.1) is 6.58 Å². The molecule has 2 N–H and O–H groups in total. The molecule has 1 amide bonds. The van der Waals surface area contributed by atoms with Gasteiger partial charge < -0.3 is 19.8 Å². The summed E-state index contributed by atoms with van der Waals surface area (Å²) in [7, 11) is 3.20. The Hall–Kier alpha value is -2.69. The second kappa shape index (κ2) is 6.39. The van der Waals surface area contributed by atoms with E-state index in [0.29, 0.717) is 23.6 Å². The van der Waals surface area contributed by atoms with Crippen LogP contribution in [-0.2, 0) is 6.54 Å². The Morgan fingerprint density at radius 1 is 1.32 bits per heavy atom. The summed E-state index contributed by atoms with van der Waals surface area (Å²) in [5.74, 6) is 0.918. The van der Waals surface area contributed by atoms with Gasteiger partial charge in [-0.1, -0.05) is 6.08 Å². The number of carbonyl (C=O) groups excluding carboxylic acids is 1. The molecule has 116 valence electrons. The molecule has 0 unspecified atom stereocenters. The van der Waals surface area contributed by atoms with Crippen molar-refractivity contribution < 1.29 is 14.3 Å². The molecular formula is C17H20N2O3. The molecule has 0 bridgehead atoms. The van der Waals surface area contributed by atoms with E-state index in [4.69, 9.17) is 15.2 Å². The maximum Gasteiger partial charge on any atom is 0.250 e. The normalized spacial score (nSPS) is 10.3. The zero-order valence-corrected chi connectivity index (χ0v) is 13.1. The fourth-order valence-electron chi connectivity index (χ4n) is 2.49. The van der Waals surface area contributed by atoms with E-state index < -0.39 is 5.91 Å². The molecule has 0 fully saturated rings. The van der Waals surface area contributed by atoms with Crippen molar-refractivity contribution in [1.82, 2.24) is 4.57 Å². The molecule has 1 aromatic carbocycles. The number of aromatic nitrogens is 1. The molecule has 0 aliphatic carbocycles. The van der Waals surface area contributed by atoms with Gasteiger partial charge in [0.05, 0.1) is 25.5 Å². The number of hydrogen-bond acceptors (Lipinski definition) is 3. The first-order valence-corrected chi connectivity index (χ1v) is 6.86. The van der Waals surface area contributed by atoms with Gasteiger partial charge >= 0.3 is 0 Å². The van der Waals surface area contributed by atoms with Crippen LogP contribution in [0.2, 0.25) is 0 Å². The van der Waals surface area contributed by atoms with Crippen LogP contribution in [0.1, 0.15) is 16.1 Å². The molecule has 2 aromatic rings. The molecule has 0 radical (unpaired) electrons. The van der Waals surface area contributed by atoms with E-state index in [2.05, 4.69) is 6.58 Å². The monoisotopic (exact) mass is 300 g/mol. The maximum atomic E-state index is 11.6. The molecule has 22 heavy (non-hydrogen) atoms. The van der Waals surface area contributed by atoms with Gasteiger partial charge in [0.1, 0.15) is 11.5 Å².